The fourth-order valence-electron chi connectivity index (χ4n) is 3.83. The minimum Gasteiger partial charge on any atom is -0.616 e. The van der Waals surface area contributed by atoms with Crippen LogP contribution in [0.1, 0.15) is 28.4 Å². The van der Waals surface area contributed by atoms with Gasteiger partial charge < -0.3 is 19.8 Å². The summed E-state index contributed by atoms with van der Waals surface area (Å²) in [5, 5.41) is 0.161. The number of anilines is 1. The van der Waals surface area contributed by atoms with E-state index in [1.54, 1.807) is 25.1 Å². The number of Topliss-reactive ketones (excluding diaryl/α,β-unsaturated/α-hetero) is 1. The van der Waals surface area contributed by atoms with Crippen molar-refractivity contribution in [2.45, 2.75) is 24.7 Å². The number of hydrogen-bond donors (Lipinski definition) is 2. The average molecular weight is 614 g/mol. The number of ether oxygens (including phenoxy) is 2. The van der Waals surface area contributed by atoms with Gasteiger partial charge in [-0.3, -0.25) is 14.3 Å². The highest BCUT2D eigenvalue weighted by Gasteiger charge is 2.25. The van der Waals surface area contributed by atoms with Crippen LogP contribution in [0, 0.1) is 0 Å². The Balaban J connectivity index is 2.07. The molecule has 39 heavy (non-hydrogen) atoms. The van der Waals surface area contributed by atoms with Crippen molar-refractivity contribution in [3.63, 3.8) is 0 Å². The van der Waals surface area contributed by atoms with Gasteiger partial charge in [0.15, 0.2) is 28.8 Å². The normalized spacial score (nSPS) is 12.1. The van der Waals surface area contributed by atoms with Gasteiger partial charge in [0.2, 0.25) is 5.91 Å². The quantitative estimate of drug-likeness (QED) is 0.280. The molecule has 3 rings (SSSR count). The molecule has 13 heteroatoms. The second-order valence-electron chi connectivity index (χ2n) is 8.38. The predicted molar refractivity (Wildman–Crippen MR) is 152 cm³/mol. The van der Waals surface area contributed by atoms with Crippen LogP contribution in [0.3, 0.4) is 0 Å². The molecule has 0 aliphatic carbocycles. The van der Waals surface area contributed by atoms with Gasteiger partial charge in [-0.2, -0.15) is 0 Å². The molecule has 208 valence electrons. The van der Waals surface area contributed by atoms with Crippen LogP contribution in [0.15, 0.2) is 53.4 Å². The van der Waals surface area contributed by atoms with E-state index in [0.717, 1.165) is 0 Å². The van der Waals surface area contributed by atoms with E-state index >= 15 is 0 Å². The van der Waals surface area contributed by atoms with Crippen LogP contribution in [0.25, 0.3) is 0 Å². The maximum atomic E-state index is 13.3. The molecule has 0 saturated carbocycles. The molecular weight excluding hydrogens is 587 g/mol. The summed E-state index contributed by atoms with van der Waals surface area (Å²) < 4.78 is 52.0. The summed E-state index contributed by atoms with van der Waals surface area (Å²) in [4.78, 5) is 24.0. The highest BCUT2D eigenvalue weighted by Crippen LogP contribution is 2.40. The summed E-state index contributed by atoms with van der Waals surface area (Å²) in [7, 11) is -2.85. The Bertz CT molecular complexity index is 1510. The van der Waals surface area contributed by atoms with Gasteiger partial charge in [-0.05, 0) is 71.2 Å². The highest BCUT2D eigenvalue weighted by molar-refractivity contribution is 7.93. The van der Waals surface area contributed by atoms with Crippen molar-refractivity contribution < 1.29 is 32.0 Å². The number of nitrogens with one attached hydrogen (secondary N) is 1. The zero-order valence-electron chi connectivity index (χ0n) is 21.2. The van der Waals surface area contributed by atoms with Gasteiger partial charge in [0, 0.05) is 17.0 Å². The first kappa shape index (κ1) is 30.6. The number of carbonyl (C=O) groups excluding carboxylic acids is 2. The topological polar surface area (TPSA) is 148 Å². The van der Waals surface area contributed by atoms with E-state index in [9.17, 15) is 22.6 Å². The van der Waals surface area contributed by atoms with Crippen molar-refractivity contribution in [1.29, 1.82) is 0 Å². The zero-order chi connectivity index (χ0) is 28.9. The molecule has 0 fully saturated rings. The lowest BCUT2D eigenvalue weighted by molar-refractivity contribution is -0.116. The maximum absolute atomic E-state index is 13.3. The fourth-order valence-corrected chi connectivity index (χ4v) is 6.27. The third-order valence-corrected chi connectivity index (χ3v) is 8.32. The average Bonchev–Trinajstić information content (AvgIpc) is 2.84. The summed E-state index contributed by atoms with van der Waals surface area (Å²) >= 11 is 10.8. The Morgan fingerprint density at radius 1 is 1.05 bits per heavy atom. The lowest BCUT2D eigenvalue weighted by Crippen LogP contribution is -2.19. The molecule has 3 aromatic rings. The molecule has 1 atom stereocenters. The smallest absolute Gasteiger partial charge is 0.263 e. The number of carbonyl (C=O) groups is 2. The van der Waals surface area contributed by atoms with E-state index in [-0.39, 0.29) is 67.8 Å². The van der Waals surface area contributed by atoms with E-state index < -0.39 is 27.1 Å². The first-order chi connectivity index (χ1) is 18.4. The minimum atomic E-state index is -4.26. The molecule has 0 heterocycles. The number of methoxy groups -OCH3 is 1. The molecule has 0 radical (unpaired) electrons. The summed E-state index contributed by atoms with van der Waals surface area (Å²) in [5.41, 5.74) is 6.58. The third kappa shape index (κ3) is 7.58. The van der Waals surface area contributed by atoms with E-state index in [1.807, 2.05) is 0 Å². The number of nitrogens with two attached hydrogens (primary N) is 1. The minimum absolute atomic E-state index is 0.00782. The van der Waals surface area contributed by atoms with Crippen molar-refractivity contribution in [1.82, 2.24) is 0 Å². The van der Waals surface area contributed by atoms with Crippen molar-refractivity contribution in [2.75, 3.05) is 23.8 Å². The Hall–Kier alpha value is -2.96. The number of amides is 1. The Morgan fingerprint density at radius 3 is 2.33 bits per heavy atom. The van der Waals surface area contributed by atoms with Crippen LogP contribution in [0.2, 0.25) is 10.0 Å². The van der Waals surface area contributed by atoms with Crippen LogP contribution in [-0.4, -0.2) is 43.8 Å². The summed E-state index contributed by atoms with van der Waals surface area (Å²) in [5.74, 6) is -0.458. The molecule has 9 nitrogen and oxygen atoms in total. The van der Waals surface area contributed by atoms with Crippen molar-refractivity contribution >= 4 is 61.8 Å². The number of sulfonamides is 1. The standard InChI is InChI=1S/C26H26Cl2N2O7S2/c1-4-18-19(26(29)32)7-9-22(25(18)30-39(34,35)24-10-6-16(27)13-20(24)28)37-21-8-5-15(12-23(21)36-2)11-17(31)14-38(3)33/h5-10,12-13,30H,4,11,14H2,1-3H3,(H2,29,32). The van der Waals surface area contributed by atoms with Crippen LogP contribution < -0.4 is 19.9 Å². The van der Waals surface area contributed by atoms with Crippen LogP contribution in [-0.2, 0) is 38.8 Å². The van der Waals surface area contributed by atoms with Crippen LogP contribution >= 0.6 is 23.2 Å². The SMILES string of the molecule is CCc1c(C(N)=O)ccc(Oc2ccc(CC(=O)C[S+](C)[O-])cc2OC)c1NS(=O)(=O)c1ccc(Cl)cc1Cl. The highest BCUT2D eigenvalue weighted by atomic mass is 35.5. The predicted octanol–water partition coefficient (Wildman–Crippen LogP) is 4.75. The second kappa shape index (κ2) is 12.9. The van der Waals surface area contributed by atoms with Crippen molar-refractivity contribution in [2.24, 2.45) is 5.73 Å². The molecule has 0 saturated heterocycles. The zero-order valence-corrected chi connectivity index (χ0v) is 24.4. The Morgan fingerprint density at radius 2 is 1.74 bits per heavy atom. The second-order valence-corrected chi connectivity index (χ2v) is 12.3. The number of rotatable bonds is 12. The fraction of sp³-hybridized carbons (Fsp3) is 0.231. The van der Waals surface area contributed by atoms with Gasteiger partial charge in [-0.15, -0.1) is 0 Å². The number of primary amides is 1. The lowest BCUT2D eigenvalue weighted by Gasteiger charge is -2.20. The van der Waals surface area contributed by atoms with Gasteiger partial charge in [0.25, 0.3) is 10.0 Å². The summed E-state index contributed by atoms with van der Waals surface area (Å²) in [6.07, 6.45) is 1.74. The first-order valence-electron chi connectivity index (χ1n) is 11.5. The Labute approximate surface area is 239 Å². The Kier molecular flexibility index (Phi) is 10.1. The number of ketones is 1. The number of benzene rings is 3. The molecule has 1 unspecified atom stereocenters. The molecule has 0 bridgehead atoms. The van der Waals surface area contributed by atoms with Crippen LogP contribution in [0.4, 0.5) is 5.69 Å². The van der Waals surface area contributed by atoms with Gasteiger partial charge in [0.05, 0.1) is 24.1 Å². The van der Waals surface area contributed by atoms with Crippen molar-refractivity contribution in [3.8, 4) is 17.2 Å². The van der Waals surface area contributed by atoms with E-state index in [0.29, 0.717) is 11.1 Å². The molecule has 0 aliphatic rings. The largest absolute Gasteiger partial charge is 0.616 e. The summed E-state index contributed by atoms with van der Waals surface area (Å²) in [6, 6.07) is 11.6. The summed E-state index contributed by atoms with van der Waals surface area (Å²) in [6.45, 7) is 1.73. The molecule has 1 amide bonds. The van der Waals surface area contributed by atoms with Gasteiger partial charge in [0.1, 0.15) is 4.90 Å². The maximum Gasteiger partial charge on any atom is 0.263 e. The van der Waals surface area contributed by atoms with E-state index in [2.05, 4.69) is 4.72 Å². The monoisotopic (exact) mass is 612 g/mol. The van der Waals surface area contributed by atoms with Crippen LogP contribution in [0.5, 0.6) is 17.2 Å². The number of halogens is 2. The molecule has 0 aromatic heterocycles. The molecule has 3 aromatic carbocycles. The lowest BCUT2D eigenvalue weighted by atomic mass is 10.0. The molecule has 0 aliphatic heterocycles. The third-order valence-electron chi connectivity index (χ3n) is 5.53. The number of hydrogen-bond acceptors (Lipinski definition) is 7. The molecular formula is C26H26Cl2N2O7S2. The van der Waals surface area contributed by atoms with E-state index in [4.69, 9.17) is 38.4 Å². The van der Waals surface area contributed by atoms with E-state index in [1.165, 1.54) is 43.7 Å². The van der Waals surface area contributed by atoms with Gasteiger partial charge in [-0.1, -0.05) is 36.2 Å². The van der Waals surface area contributed by atoms with Gasteiger partial charge >= 0.3 is 0 Å². The molecule has 0 spiro atoms. The van der Waals surface area contributed by atoms with Gasteiger partial charge in [-0.25, -0.2) is 8.42 Å². The first-order valence-corrected chi connectivity index (χ1v) is 15.4. The van der Waals surface area contributed by atoms with Crippen molar-refractivity contribution in [3.05, 3.63) is 75.3 Å². The molecule has 3 N–H and O–H groups in total.